The molecule has 0 unspecified atom stereocenters. The third-order valence-electron chi connectivity index (χ3n) is 3.51. The van der Waals surface area contributed by atoms with Gasteiger partial charge < -0.3 is 9.64 Å². The second kappa shape index (κ2) is 8.88. The lowest BCUT2D eigenvalue weighted by Gasteiger charge is -2.17. The van der Waals surface area contributed by atoms with Crippen molar-refractivity contribution in [3.8, 4) is 0 Å². The molecule has 0 saturated heterocycles. The summed E-state index contributed by atoms with van der Waals surface area (Å²) in [4.78, 5) is 37.3. The summed E-state index contributed by atoms with van der Waals surface area (Å²) in [5.74, 6) is -1.18. The van der Waals surface area contributed by atoms with Crippen LogP contribution < -0.4 is 0 Å². The summed E-state index contributed by atoms with van der Waals surface area (Å²) in [5.41, 5.74) is -0.225. The van der Waals surface area contributed by atoms with Gasteiger partial charge in [-0.1, -0.05) is 23.4 Å². The lowest BCUT2D eigenvalue weighted by Crippen LogP contribution is -2.34. The molecule has 2 rings (SSSR count). The maximum absolute atomic E-state index is 12.2. The predicted octanol–water partition coefficient (Wildman–Crippen LogP) is 4.03. The fourth-order valence-electron chi connectivity index (χ4n) is 2.15. The highest BCUT2D eigenvalue weighted by Gasteiger charge is 2.23. The number of carbonyl (C=O) groups excluding carboxylic acids is 2. The van der Waals surface area contributed by atoms with Crippen molar-refractivity contribution in [2.45, 2.75) is 22.8 Å². The molecule has 142 valence electrons. The Kier molecular flexibility index (Phi) is 6.81. The zero-order valence-corrected chi connectivity index (χ0v) is 16.4. The van der Waals surface area contributed by atoms with Gasteiger partial charge in [0.05, 0.1) is 15.4 Å². The van der Waals surface area contributed by atoms with E-state index in [1.54, 1.807) is 38.4 Å². The van der Waals surface area contributed by atoms with Gasteiger partial charge in [-0.2, -0.15) is 0 Å². The van der Waals surface area contributed by atoms with Crippen LogP contribution in [0.3, 0.4) is 0 Å². The summed E-state index contributed by atoms with van der Waals surface area (Å²) in [5, 5.41) is 12.0. The fourth-order valence-corrected chi connectivity index (χ4v) is 3.17. The first kappa shape index (κ1) is 20.7. The standard InChI is InChI=1S/C18H17ClN2O5S/c1-11(17(22)20(2)3)26-18(23)12-4-9-16(15(10-12)21(24)25)27-14-7-5-13(19)6-8-14/h4-11H,1-3H3/t11-/m1/s1. The second-order valence-electron chi connectivity index (χ2n) is 5.78. The Balaban J connectivity index is 2.24. The highest BCUT2D eigenvalue weighted by atomic mass is 35.5. The smallest absolute Gasteiger partial charge is 0.339 e. The van der Waals surface area contributed by atoms with E-state index in [2.05, 4.69) is 0 Å². The molecule has 0 spiro atoms. The molecule has 0 heterocycles. The number of likely N-dealkylation sites (N-methyl/N-ethyl adjacent to an activating group) is 1. The predicted molar refractivity (Wildman–Crippen MR) is 102 cm³/mol. The van der Waals surface area contributed by atoms with Crippen LogP contribution in [0.4, 0.5) is 5.69 Å². The Morgan fingerprint density at radius 2 is 1.81 bits per heavy atom. The van der Waals surface area contributed by atoms with Gasteiger partial charge >= 0.3 is 5.97 Å². The molecule has 1 atom stereocenters. The Bertz CT molecular complexity index is 871. The normalized spacial score (nSPS) is 11.6. The molecule has 0 aliphatic rings. The number of esters is 1. The topological polar surface area (TPSA) is 89.7 Å². The Morgan fingerprint density at radius 1 is 1.19 bits per heavy atom. The minimum absolute atomic E-state index is 0.000521. The number of carbonyl (C=O) groups is 2. The first-order valence-electron chi connectivity index (χ1n) is 7.83. The molecule has 9 heteroatoms. The molecular weight excluding hydrogens is 392 g/mol. The van der Waals surface area contributed by atoms with Gasteiger partial charge in [0.2, 0.25) is 0 Å². The zero-order chi connectivity index (χ0) is 20.1. The summed E-state index contributed by atoms with van der Waals surface area (Å²) in [7, 11) is 3.08. The lowest BCUT2D eigenvalue weighted by atomic mass is 10.2. The largest absolute Gasteiger partial charge is 0.449 e. The number of ether oxygens (including phenoxy) is 1. The maximum Gasteiger partial charge on any atom is 0.339 e. The number of hydrogen-bond donors (Lipinski definition) is 0. The molecule has 0 aliphatic heterocycles. The van der Waals surface area contributed by atoms with Crippen molar-refractivity contribution in [2.24, 2.45) is 0 Å². The molecule has 1 amide bonds. The molecule has 2 aromatic carbocycles. The van der Waals surface area contributed by atoms with Gasteiger partial charge in [-0.05, 0) is 43.3 Å². The summed E-state index contributed by atoms with van der Waals surface area (Å²) >= 11 is 7.02. The number of halogens is 1. The Morgan fingerprint density at radius 3 is 2.37 bits per heavy atom. The van der Waals surface area contributed by atoms with Crippen molar-refractivity contribution < 1.29 is 19.2 Å². The fraction of sp³-hybridized carbons (Fsp3) is 0.222. The molecule has 0 saturated carbocycles. The minimum atomic E-state index is -0.991. The molecular formula is C18H17ClN2O5S. The molecule has 0 aliphatic carbocycles. The number of hydrogen-bond acceptors (Lipinski definition) is 6. The van der Waals surface area contributed by atoms with Crippen molar-refractivity contribution in [1.82, 2.24) is 4.90 Å². The molecule has 2 aromatic rings. The van der Waals surface area contributed by atoms with Gasteiger partial charge in [-0.25, -0.2) is 4.79 Å². The summed E-state index contributed by atoms with van der Waals surface area (Å²) in [6.07, 6.45) is -0.991. The van der Waals surface area contributed by atoms with Crippen LogP contribution in [0.25, 0.3) is 0 Å². The molecule has 0 bridgehead atoms. The Labute approximate surface area is 165 Å². The van der Waals surface area contributed by atoms with E-state index in [0.29, 0.717) is 9.92 Å². The van der Waals surface area contributed by atoms with Gasteiger partial charge in [0, 0.05) is 30.1 Å². The monoisotopic (exact) mass is 408 g/mol. The second-order valence-corrected chi connectivity index (χ2v) is 7.33. The number of nitrogens with zero attached hydrogens (tertiary/aromatic N) is 2. The van der Waals surface area contributed by atoms with Crippen molar-refractivity contribution in [3.05, 3.63) is 63.2 Å². The van der Waals surface area contributed by atoms with Crippen molar-refractivity contribution >= 4 is 40.9 Å². The van der Waals surface area contributed by atoms with E-state index in [1.807, 2.05) is 0 Å². The number of nitro benzene ring substituents is 1. The third kappa shape index (κ3) is 5.45. The van der Waals surface area contributed by atoms with Crippen LogP contribution in [0.1, 0.15) is 17.3 Å². The van der Waals surface area contributed by atoms with Crippen molar-refractivity contribution in [1.29, 1.82) is 0 Å². The maximum atomic E-state index is 12.2. The van der Waals surface area contributed by atoms with Crippen LogP contribution in [0.2, 0.25) is 5.02 Å². The average Bonchev–Trinajstić information content (AvgIpc) is 2.62. The van der Waals surface area contributed by atoms with Crippen molar-refractivity contribution in [3.63, 3.8) is 0 Å². The van der Waals surface area contributed by atoms with Crippen LogP contribution in [-0.2, 0) is 9.53 Å². The van der Waals surface area contributed by atoms with Crippen LogP contribution in [-0.4, -0.2) is 41.9 Å². The van der Waals surface area contributed by atoms with E-state index in [0.717, 1.165) is 11.0 Å². The van der Waals surface area contributed by atoms with Gasteiger partial charge in [0.15, 0.2) is 6.10 Å². The minimum Gasteiger partial charge on any atom is -0.449 e. The first-order valence-corrected chi connectivity index (χ1v) is 9.02. The molecule has 0 fully saturated rings. The summed E-state index contributed by atoms with van der Waals surface area (Å²) in [6.45, 7) is 1.44. The molecule has 0 N–H and O–H groups in total. The van der Waals surface area contributed by atoms with Crippen LogP contribution in [0, 0.1) is 10.1 Å². The number of benzene rings is 2. The highest BCUT2D eigenvalue weighted by molar-refractivity contribution is 7.99. The highest BCUT2D eigenvalue weighted by Crippen LogP contribution is 2.36. The van der Waals surface area contributed by atoms with E-state index in [1.165, 1.54) is 35.7 Å². The van der Waals surface area contributed by atoms with E-state index < -0.39 is 17.0 Å². The quantitative estimate of drug-likeness (QED) is 0.407. The van der Waals surface area contributed by atoms with Gasteiger partial charge in [-0.15, -0.1) is 0 Å². The summed E-state index contributed by atoms with van der Waals surface area (Å²) < 4.78 is 5.09. The summed E-state index contributed by atoms with van der Waals surface area (Å²) in [6, 6.07) is 10.9. The molecule has 27 heavy (non-hydrogen) atoms. The third-order valence-corrected chi connectivity index (χ3v) is 4.83. The van der Waals surface area contributed by atoms with Gasteiger partial charge in [0.1, 0.15) is 0 Å². The SMILES string of the molecule is C[C@@H](OC(=O)c1ccc(Sc2ccc(Cl)cc2)c([N+](=O)[O-])c1)C(=O)N(C)C. The average molecular weight is 409 g/mol. The molecule has 7 nitrogen and oxygen atoms in total. The van der Waals surface area contributed by atoms with Crippen molar-refractivity contribution in [2.75, 3.05) is 14.1 Å². The number of rotatable bonds is 6. The van der Waals surface area contributed by atoms with Gasteiger partial charge in [-0.3, -0.25) is 14.9 Å². The van der Waals surface area contributed by atoms with Gasteiger partial charge in [0.25, 0.3) is 11.6 Å². The first-order chi connectivity index (χ1) is 12.7. The Hall–Kier alpha value is -2.58. The lowest BCUT2D eigenvalue weighted by molar-refractivity contribution is -0.387. The number of nitro groups is 1. The van der Waals surface area contributed by atoms with E-state index in [9.17, 15) is 19.7 Å². The van der Waals surface area contributed by atoms with Crippen LogP contribution in [0.5, 0.6) is 0 Å². The van der Waals surface area contributed by atoms with E-state index in [4.69, 9.17) is 16.3 Å². The zero-order valence-electron chi connectivity index (χ0n) is 14.8. The number of amides is 1. The van der Waals surface area contributed by atoms with E-state index in [-0.39, 0.29) is 17.2 Å². The van der Waals surface area contributed by atoms with E-state index >= 15 is 0 Å². The molecule has 0 aromatic heterocycles. The van der Waals surface area contributed by atoms with Crippen LogP contribution >= 0.6 is 23.4 Å². The molecule has 0 radical (unpaired) electrons. The van der Waals surface area contributed by atoms with Crippen LogP contribution in [0.15, 0.2) is 52.3 Å².